The largest absolute Gasteiger partial charge is 0.297 e. The number of hydrazine groups is 1. The molecule has 0 bridgehead atoms. The first-order valence-corrected chi connectivity index (χ1v) is 8.69. The van der Waals surface area contributed by atoms with Crippen molar-refractivity contribution in [2.75, 3.05) is 13.1 Å². The Kier molecular flexibility index (Phi) is 5.87. The molecule has 3 N–H and O–H groups in total. The molecule has 2 rings (SSSR count). The lowest BCUT2D eigenvalue weighted by atomic mass is 9.89. The minimum atomic E-state index is 0.0511. The Morgan fingerprint density at radius 1 is 1.30 bits per heavy atom. The highest BCUT2D eigenvalue weighted by atomic mass is 35.5. The smallest absolute Gasteiger partial charge is 0.0931 e. The average Bonchev–Trinajstić information content (AvgIpc) is 2.68. The molecule has 1 saturated heterocycles. The van der Waals surface area contributed by atoms with E-state index >= 15 is 0 Å². The second-order valence-corrected chi connectivity index (χ2v) is 7.98. The summed E-state index contributed by atoms with van der Waals surface area (Å²) in [5.74, 6) is 5.85. The van der Waals surface area contributed by atoms with Crippen LogP contribution < -0.4 is 11.3 Å². The molecule has 1 aliphatic heterocycles. The standard InChI is InChI=1S/C15H26ClN3S/c1-15(2,19-9-5-3-4-6-10-19)13(18-17)11-12-7-8-14(16)20-12/h7-8,13,18H,3-6,9-11,17H2,1-2H3. The van der Waals surface area contributed by atoms with Crippen LogP contribution in [-0.4, -0.2) is 29.6 Å². The SMILES string of the molecule is CC(C)(C(Cc1ccc(Cl)s1)NN)N1CCCCCC1. The van der Waals surface area contributed by atoms with E-state index in [2.05, 4.69) is 30.2 Å². The summed E-state index contributed by atoms with van der Waals surface area (Å²) in [5, 5.41) is 0. The summed E-state index contributed by atoms with van der Waals surface area (Å²) in [4.78, 5) is 3.89. The van der Waals surface area contributed by atoms with Crippen LogP contribution in [0.4, 0.5) is 0 Å². The van der Waals surface area contributed by atoms with Gasteiger partial charge < -0.3 is 0 Å². The van der Waals surface area contributed by atoms with Crippen molar-refractivity contribution in [3.63, 3.8) is 0 Å². The van der Waals surface area contributed by atoms with E-state index in [1.54, 1.807) is 11.3 Å². The number of nitrogens with one attached hydrogen (secondary N) is 1. The Labute approximate surface area is 131 Å². The van der Waals surface area contributed by atoms with Gasteiger partial charge in [0.05, 0.1) is 4.34 Å². The molecule has 1 atom stereocenters. The first-order chi connectivity index (χ1) is 9.54. The number of halogens is 1. The third-order valence-corrected chi connectivity index (χ3v) is 5.76. The summed E-state index contributed by atoms with van der Waals surface area (Å²) in [6.07, 6.45) is 6.23. The fraction of sp³-hybridized carbons (Fsp3) is 0.733. The molecule has 0 radical (unpaired) electrons. The van der Waals surface area contributed by atoms with Gasteiger partial charge in [0.1, 0.15) is 0 Å². The van der Waals surface area contributed by atoms with Crippen LogP contribution in [0, 0.1) is 0 Å². The number of nitrogens with zero attached hydrogens (tertiary/aromatic N) is 1. The second kappa shape index (κ2) is 7.23. The molecule has 5 heteroatoms. The highest BCUT2D eigenvalue weighted by Crippen LogP contribution is 2.28. The number of thiophene rings is 1. The molecule has 0 aromatic carbocycles. The molecule has 0 amide bonds. The summed E-state index contributed by atoms with van der Waals surface area (Å²) in [5.41, 5.74) is 3.09. The maximum atomic E-state index is 6.03. The highest BCUT2D eigenvalue weighted by molar-refractivity contribution is 7.16. The molecule has 1 aromatic heterocycles. The Bertz CT molecular complexity index is 411. The van der Waals surface area contributed by atoms with Gasteiger partial charge in [0.25, 0.3) is 0 Å². The van der Waals surface area contributed by atoms with Gasteiger partial charge in [-0.2, -0.15) is 0 Å². The topological polar surface area (TPSA) is 41.3 Å². The first-order valence-electron chi connectivity index (χ1n) is 7.49. The highest BCUT2D eigenvalue weighted by Gasteiger charge is 2.35. The van der Waals surface area contributed by atoms with Crippen LogP contribution in [-0.2, 0) is 6.42 Å². The average molecular weight is 316 g/mol. The number of likely N-dealkylation sites (tertiary alicyclic amines) is 1. The quantitative estimate of drug-likeness (QED) is 0.646. The summed E-state index contributed by atoms with van der Waals surface area (Å²) in [6, 6.07) is 4.31. The molecule has 1 unspecified atom stereocenters. The lowest BCUT2D eigenvalue weighted by Crippen LogP contribution is -2.60. The van der Waals surface area contributed by atoms with Crippen LogP contribution in [0.5, 0.6) is 0 Å². The number of hydrogen-bond donors (Lipinski definition) is 2. The minimum Gasteiger partial charge on any atom is -0.297 e. The third kappa shape index (κ3) is 3.95. The normalized spacial score (nSPS) is 19.8. The summed E-state index contributed by atoms with van der Waals surface area (Å²) >= 11 is 7.68. The fourth-order valence-corrected chi connectivity index (χ4v) is 4.18. The zero-order chi connectivity index (χ0) is 14.6. The number of hydrogen-bond acceptors (Lipinski definition) is 4. The molecular weight excluding hydrogens is 290 g/mol. The van der Waals surface area contributed by atoms with Gasteiger partial charge in [0, 0.05) is 22.9 Å². The third-order valence-electron chi connectivity index (χ3n) is 4.51. The van der Waals surface area contributed by atoms with E-state index in [0.29, 0.717) is 0 Å². The predicted molar refractivity (Wildman–Crippen MR) is 88.3 cm³/mol. The number of rotatable bonds is 5. The van der Waals surface area contributed by atoms with Gasteiger partial charge in [0.2, 0.25) is 0 Å². The lowest BCUT2D eigenvalue weighted by molar-refractivity contribution is 0.0838. The molecule has 1 aromatic rings. The maximum Gasteiger partial charge on any atom is 0.0931 e. The maximum absolute atomic E-state index is 6.03. The van der Waals surface area contributed by atoms with Crippen LogP contribution in [0.2, 0.25) is 4.34 Å². The molecule has 114 valence electrons. The molecule has 0 spiro atoms. The van der Waals surface area contributed by atoms with Crippen LogP contribution in [0.15, 0.2) is 12.1 Å². The van der Waals surface area contributed by atoms with Crippen molar-refractivity contribution >= 4 is 22.9 Å². The van der Waals surface area contributed by atoms with Crippen molar-refractivity contribution in [2.24, 2.45) is 5.84 Å². The van der Waals surface area contributed by atoms with Crippen LogP contribution in [0.3, 0.4) is 0 Å². The van der Waals surface area contributed by atoms with E-state index in [9.17, 15) is 0 Å². The van der Waals surface area contributed by atoms with Crippen LogP contribution in [0.25, 0.3) is 0 Å². The zero-order valence-electron chi connectivity index (χ0n) is 12.5. The van der Waals surface area contributed by atoms with Crippen molar-refractivity contribution < 1.29 is 0 Å². The van der Waals surface area contributed by atoms with Gasteiger partial charge in [-0.25, -0.2) is 0 Å². The molecule has 3 nitrogen and oxygen atoms in total. The first kappa shape index (κ1) is 16.2. The minimum absolute atomic E-state index is 0.0511. The lowest BCUT2D eigenvalue weighted by Gasteiger charge is -2.43. The molecule has 2 heterocycles. The van der Waals surface area contributed by atoms with E-state index in [0.717, 1.165) is 10.8 Å². The molecule has 20 heavy (non-hydrogen) atoms. The van der Waals surface area contributed by atoms with E-state index in [4.69, 9.17) is 17.4 Å². The van der Waals surface area contributed by atoms with Crippen molar-refractivity contribution in [1.29, 1.82) is 0 Å². The predicted octanol–water partition coefficient (Wildman–Crippen LogP) is 3.43. The number of nitrogens with two attached hydrogens (primary N) is 1. The summed E-state index contributed by atoms with van der Waals surface area (Å²) in [6.45, 7) is 6.96. The monoisotopic (exact) mass is 315 g/mol. The van der Waals surface area contributed by atoms with Crippen molar-refractivity contribution in [2.45, 2.75) is 57.5 Å². The summed E-state index contributed by atoms with van der Waals surface area (Å²) in [7, 11) is 0. The van der Waals surface area contributed by atoms with E-state index < -0.39 is 0 Å². The van der Waals surface area contributed by atoms with E-state index in [-0.39, 0.29) is 11.6 Å². The van der Waals surface area contributed by atoms with Crippen LogP contribution >= 0.6 is 22.9 Å². The summed E-state index contributed by atoms with van der Waals surface area (Å²) < 4.78 is 0.850. The van der Waals surface area contributed by atoms with Gasteiger partial charge >= 0.3 is 0 Å². The second-order valence-electron chi connectivity index (χ2n) is 6.18. The van der Waals surface area contributed by atoms with Crippen molar-refractivity contribution in [1.82, 2.24) is 10.3 Å². The van der Waals surface area contributed by atoms with Gasteiger partial charge in [-0.1, -0.05) is 24.4 Å². The van der Waals surface area contributed by atoms with Gasteiger partial charge in [-0.05, 0) is 51.9 Å². The van der Waals surface area contributed by atoms with Gasteiger partial charge in [-0.15, -0.1) is 11.3 Å². The Hall–Kier alpha value is -0.130. The zero-order valence-corrected chi connectivity index (χ0v) is 14.1. The Balaban J connectivity index is 2.07. The van der Waals surface area contributed by atoms with Gasteiger partial charge in [0.15, 0.2) is 0 Å². The van der Waals surface area contributed by atoms with E-state index in [1.165, 1.54) is 43.6 Å². The molecule has 1 fully saturated rings. The molecule has 0 aliphatic carbocycles. The molecular formula is C15H26ClN3S. The fourth-order valence-electron chi connectivity index (χ4n) is 3.04. The Morgan fingerprint density at radius 2 is 1.95 bits per heavy atom. The van der Waals surface area contributed by atoms with Crippen molar-refractivity contribution in [3.05, 3.63) is 21.3 Å². The van der Waals surface area contributed by atoms with Crippen molar-refractivity contribution in [3.8, 4) is 0 Å². The van der Waals surface area contributed by atoms with Gasteiger partial charge in [-0.3, -0.25) is 16.2 Å². The molecule has 0 saturated carbocycles. The molecule has 1 aliphatic rings. The Morgan fingerprint density at radius 3 is 2.45 bits per heavy atom. The van der Waals surface area contributed by atoms with Crippen LogP contribution in [0.1, 0.15) is 44.4 Å². The van der Waals surface area contributed by atoms with E-state index in [1.807, 2.05) is 6.07 Å².